The molecule has 2 aromatic rings. The first-order chi connectivity index (χ1) is 10.2. The SMILES string of the molecule is CCC(O)c1ccc(OCCOc2cccc(Br)c2)cc1. The van der Waals surface area contributed by atoms with Crippen molar-refractivity contribution >= 4 is 15.9 Å². The van der Waals surface area contributed by atoms with Crippen molar-refractivity contribution in [2.75, 3.05) is 13.2 Å². The Morgan fingerprint density at radius 1 is 1.00 bits per heavy atom. The minimum atomic E-state index is -0.404. The average molecular weight is 351 g/mol. The van der Waals surface area contributed by atoms with Gasteiger partial charge in [0.1, 0.15) is 24.7 Å². The highest BCUT2D eigenvalue weighted by molar-refractivity contribution is 9.10. The Labute approximate surface area is 133 Å². The highest BCUT2D eigenvalue weighted by atomic mass is 79.9. The summed E-state index contributed by atoms with van der Waals surface area (Å²) in [4.78, 5) is 0. The third-order valence-electron chi connectivity index (χ3n) is 3.07. The van der Waals surface area contributed by atoms with Crippen molar-refractivity contribution in [2.45, 2.75) is 19.4 Å². The second kappa shape index (κ2) is 8.05. The van der Waals surface area contributed by atoms with Crippen LogP contribution in [0.1, 0.15) is 25.0 Å². The molecule has 1 N–H and O–H groups in total. The van der Waals surface area contributed by atoms with Gasteiger partial charge in [-0.05, 0) is 42.3 Å². The molecular weight excluding hydrogens is 332 g/mol. The Kier molecular flexibility index (Phi) is 6.08. The van der Waals surface area contributed by atoms with Gasteiger partial charge in [0, 0.05) is 4.47 Å². The maximum absolute atomic E-state index is 9.72. The summed E-state index contributed by atoms with van der Waals surface area (Å²) in [7, 11) is 0. The molecule has 4 heteroatoms. The molecule has 0 aliphatic rings. The largest absolute Gasteiger partial charge is 0.490 e. The zero-order valence-electron chi connectivity index (χ0n) is 12.0. The Balaban J connectivity index is 1.76. The van der Waals surface area contributed by atoms with Gasteiger partial charge in [-0.3, -0.25) is 0 Å². The molecule has 0 aliphatic carbocycles. The van der Waals surface area contributed by atoms with E-state index in [-0.39, 0.29) is 0 Å². The van der Waals surface area contributed by atoms with E-state index < -0.39 is 6.10 Å². The molecule has 0 saturated carbocycles. The van der Waals surface area contributed by atoms with Crippen molar-refractivity contribution in [1.29, 1.82) is 0 Å². The summed E-state index contributed by atoms with van der Waals surface area (Å²) in [5.74, 6) is 1.59. The number of benzene rings is 2. The topological polar surface area (TPSA) is 38.7 Å². The number of halogens is 1. The molecule has 0 heterocycles. The molecule has 0 fully saturated rings. The molecule has 0 radical (unpaired) electrons. The monoisotopic (exact) mass is 350 g/mol. The van der Waals surface area contributed by atoms with Gasteiger partial charge in [0.15, 0.2) is 0 Å². The summed E-state index contributed by atoms with van der Waals surface area (Å²) in [6.07, 6.45) is 0.305. The van der Waals surface area contributed by atoms with Gasteiger partial charge < -0.3 is 14.6 Å². The lowest BCUT2D eigenvalue weighted by atomic mass is 10.1. The standard InChI is InChI=1S/C17H19BrO3/c1-2-17(19)13-6-8-15(9-7-13)20-10-11-21-16-5-3-4-14(18)12-16/h3-9,12,17,19H,2,10-11H2,1H3. The average Bonchev–Trinajstić information content (AvgIpc) is 2.51. The van der Waals surface area contributed by atoms with Gasteiger partial charge in [-0.2, -0.15) is 0 Å². The summed E-state index contributed by atoms with van der Waals surface area (Å²) in [6.45, 7) is 2.91. The van der Waals surface area contributed by atoms with E-state index in [1.54, 1.807) is 0 Å². The molecule has 0 bridgehead atoms. The second-order valence-electron chi connectivity index (χ2n) is 4.65. The molecule has 2 rings (SSSR count). The van der Waals surface area contributed by atoms with Gasteiger partial charge in [0.05, 0.1) is 6.10 Å². The van der Waals surface area contributed by atoms with E-state index in [0.717, 1.165) is 21.5 Å². The maximum atomic E-state index is 9.72. The van der Waals surface area contributed by atoms with Crippen LogP contribution in [0.15, 0.2) is 53.0 Å². The summed E-state index contributed by atoms with van der Waals surface area (Å²) in [5, 5.41) is 9.72. The zero-order valence-corrected chi connectivity index (χ0v) is 13.5. The van der Waals surface area contributed by atoms with Gasteiger partial charge in [-0.1, -0.05) is 41.1 Å². The fourth-order valence-electron chi connectivity index (χ4n) is 1.90. The quantitative estimate of drug-likeness (QED) is 0.754. The molecule has 0 spiro atoms. The third-order valence-corrected chi connectivity index (χ3v) is 3.56. The summed E-state index contributed by atoms with van der Waals surface area (Å²) in [5.41, 5.74) is 0.912. The van der Waals surface area contributed by atoms with Crippen molar-refractivity contribution in [1.82, 2.24) is 0 Å². The molecule has 0 aromatic heterocycles. The van der Waals surface area contributed by atoms with E-state index >= 15 is 0 Å². The molecular formula is C17H19BrO3. The lowest BCUT2D eigenvalue weighted by Crippen LogP contribution is -2.09. The predicted molar refractivity (Wildman–Crippen MR) is 86.8 cm³/mol. The van der Waals surface area contributed by atoms with Crippen LogP contribution in [-0.2, 0) is 0 Å². The molecule has 0 aliphatic heterocycles. The molecule has 0 saturated heterocycles. The molecule has 0 amide bonds. The molecule has 2 aromatic carbocycles. The van der Waals surface area contributed by atoms with Crippen LogP contribution in [0.5, 0.6) is 11.5 Å². The molecule has 3 nitrogen and oxygen atoms in total. The Morgan fingerprint density at radius 3 is 2.29 bits per heavy atom. The zero-order chi connectivity index (χ0) is 15.1. The first-order valence-corrected chi connectivity index (χ1v) is 7.77. The number of hydrogen-bond acceptors (Lipinski definition) is 3. The van der Waals surface area contributed by atoms with Crippen LogP contribution in [-0.4, -0.2) is 18.3 Å². The van der Waals surface area contributed by atoms with Crippen LogP contribution in [0.3, 0.4) is 0 Å². The minimum Gasteiger partial charge on any atom is -0.490 e. The maximum Gasteiger partial charge on any atom is 0.122 e. The van der Waals surface area contributed by atoms with E-state index in [1.165, 1.54) is 0 Å². The number of rotatable bonds is 7. The van der Waals surface area contributed by atoms with Gasteiger partial charge in [0.2, 0.25) is 0 Å². The van der Waals surface area contributed by atoms with Gasteiger partial charge in [-0.25, -0.2) is 0 Å². The van der Waals surface area contributed by atoms with Crippen LogP contribution in [0.2, 0.25) is 0 Å². The highest BCUT2D eigenvalue weighted by Crippen LogP contribution is 2.20. The Bertz CT molecular complexity index is 554. The highest BCUT2D eigenvalue weighted by Gasteiger charge is 2.04. The van der Waals surface area contributed by atoms with Gasteiger partial charge >= 0.3 is 0 Å². The Hall–Kier alpha value is -1.52. The summed E-state index contributed by atoms with van der Waals surface area (Å²) in [6, 6.07) is 15.2. The Morgan fingerprint density at radius 2 is 1.67 bits per heavy atom. The first kappa shape index (κ1) is 15.9. The van der Waals surface area contributed by atoms with Crippen LogP contribution in [0.25, 0.3) is 0 Å². The van der Waals surface area contributed by atoms with Crippen molar-refractivity contribution in [2.24, 2.45) is 0 Å². The van der Waals surface area contributed by atoms with Crippen LogP contribution >= 0.6 is 15.9 Å². The van der Waals surface area contributed by atoms with E-state index in [2.05, 4.69) is 15.9 Å². The second-order valence-corrected chi connectivity index (χ2v) is 5.56. The molecule has 112 valence electrons. The molecule has 1 unspecified atom stereocenters. The number of ether oxygens (including phenoxy) is 2. The smallest absolute Gasteiger partial charge is 0.122 e. The first-order valence-electron chi connectivity index (χ1n) is 6.98. The number of aliphatic hydroxyl groups excluding tert-OH is 1. The normalized spacial score (nSPS) is 12.0. The number of hydrogen-bond donors (Lipinski definition) is 1. The van der Waals surface area contributed by atoms with E-state index in [1.807, 2.05) is 55.5 Å². The van der Waals surface area contributed by atoms with Gasteiger partial charge in [-0.15, -0.1) is 0 Å². The van der Waals surface area contributed by atoms with Crippen molar-refractivity contribution < 1.29 is 14.6 Å². The third kappa shape index (κ3) is 5.06. The lowest BCUT2D eigenvalue weighted by molar-refractivity contribution is 0.173. The predicted octanol–water partition coefficient (Wildman–Crippen LogP) is 4.35. The van der Waals surface area contributed by atoms with Gasteiger partial charge in [0.25, 0.3) is 0 Å². The molecule has 1 atom stereocenters. The van der Waals surface area contributed by atoms with E-state index in [0.29, 0.717) is 19.6 Å². The summed E-state index contributed by atoms with van der Waals surface area (Å²) < 4.78 is 12.2. The fraction of sp³-hybridized carbons (Fsp3) is 0.294. The van der Waals surface area contributed by atoms with Crippen LogP contribution in [0.4, 0.5) is 0 Å². The van der Waals surface area contributed by atoms with Crippen molar-refractivity contribution in [3.8, 4) is 11.5 Å². The van der Waals surface area contributed by atoms with Crippen LogP contribution < -0.4 is 9.47 Å². The van der Waals surface area contributed by atoms with Crippen molar-refractivity contribution in [3.63, 3.8) is 0 Å². The number of aliphatic hydroxyl groups is 1. The lowest BCUT2D eigenvalue weighted by Gasteiger charge is -2.11. The summed E-state index contributed by atoms with van der Waals surface area (Å²) >= 11 is 3.40. The van der Waals surface area contributed by atoms with Crippen molar-refractivity contribution in [3.05, 3.63) is 58.6 Å². The molecule has 21 heavy (non-hydrogen) atoms. The fourth-order valence-corrected chi connectivity index (χ4v) is 2.28. The van der Waals surface area contributed by atoms with E-state index in [4.69, 9.17) is 9.47 Å². The minimum absolute atomic E-state index is 0.404. The van der Waals surface area contributed by atoms with Crippen LogP contribution in [0, 0.1) is 0 Å². The van der Waals surface area contributed by atoms with E-state index in [9.17, 15) is 5.11 Å².